The van der Waals surface area contributed by atoms with Gasteiger partial charge in [-0.05, 0) is 37.6 Å². The van der Waals surface area contributed by atoms with Gasteiger partial charge in [0.25, 0.3) is 0 Å². The molecule has 1 aliphatic carbocycles. The molecule has 0 aromatic heterocycles. The Kier molecular flexibility index (Phi) is 4.02. The summed E-state index contributed by atoms with van der Waals surface area (Å²) in [6.45, 7) is 1.19. The molecule has 1 aromatic carbocycles. The van der Waals surface area contributed by atoms with Crippen LogP contribution in [0.1, 0.15) is 12.0 Å². The minimum Gasteiger partial charge on any atom is -0.481 e. The lowest BCUT2D eigenvalue weighted by Crippen LogP contribution is -2.22. The number of carbonyl (C=O) groups is 1. The van der Waals surface area contributed by atoms with Crippen molar-refractivity contribution in [2.75, 3.05) is 13.6 Å². The normalized spacial score (nSPS) is 22.2. The van der Waals surface area contributed by atoms with Crippen molar-refractivity contribution in [1.82, 2.24) is 4.90 Å². The zero-order valence-corrected chi connectivity index (χ0v) is 11.7. The van der Waals surface area contributed by atoms with Crippen LogP contribution in [0.3, 0.4) is 0 Å². The van der Waals surface area contributed by atoms with E-state index in [0.717, 1.165) is 10.9 Å². The van der Waals surface area contributed by atoms with Crippen molar-refractivity contribution in [2.24, 2.45) is 11.8 Å². The maximum Gasteiger partial charge on any atom is 0.306 e. The van der Waals surface area contributed by atoms with Gasteiger partial charge in [0.05, 0.1) is 5.92 Å². The fourth-order valence-corrected chi connectivity index (χ4v) is 2.58. The summed E-state index contributed by atoms with van der Waals surface area (Å²) in [7, 11) is 1.89. The zero-order valence-electron chi connectivity index (χ0n) is 10.1. The summed E-state index contributed by atoms with van der Waals surface area (Å²) in [5.74, 6) is -0.944. The van der Waals surface area contributed by atoms with E-state index >= 15 is 0 Å². The number of carboxylic acids is 1. The maximum atomic E-state index is 13.5. The molecule has 0 bridgehead atoms. The molecule has 2 atom stereocenters. The van der Waals surface area contributed by atoms with E-state index in [1.165, 1.54) is 6.07 Å². The molecule has 2 rings (SSSR count). The molecule has 0 amide bonds. The number of nitrogens with zero attached hydrogens (tertiary/aromatic N) is 1. The fraction of sp³-hybridized carbons (Fsp3) is 0.462. The van der Waals surface area contributed by atoms with Gasteiger partial charge in [0.15, 0.2) is 0 Å². The molecule has 1 N–H and O–H groups in total. The number of rotatable bonds is 5. The second kappa shape index (κ2) is 5.36. The van der Waals surface area contributed by atoms with E-state index in [2.05, 4.69) is 15.9 Å². The van der Waals surface area contributed by atoms with Crippen LogP contribution < -0.4 is 0 Å². The van der Waals surface area contributed by atoms with Gasteiger partial charge in [-0.15, -0.1) is 0 Å². The molecule has 0 radical (unpaired) electrons. The van der Waals surface area contributed by atoms with Crippen molar-refractivity contribution in [3.63, 3.8) is 0 Å². The van der Waals surface area contributed by atoms with Gasteiger partial charge < -0.3 is 10.0 Å². The molecule has 3 nitrogen and oxygen atoms in total. The Hall–Kier alpha value is -0.940. The Balaban J connectivity index is 1.90. The summed E-state index contributed by atoms with van der Waals surface area (Å²) in [6, 6.07) is 4.86. The van der Waals surface area contributed by atoms with Crippen molar-refractivity contribution in [3.8, 4) is 0 Å². The second-order valence-electron chi connectivity index (χ2n) is 4.87. The lowest BCUT2D eigenvalue weighted by Gasteiger charge is -2.17. The molecular formula is C13H15BrFNO2. The predicted molar refractivity (Wildman–Crippen MR) is 69.7 cm³/mol. The van der Waals surface area contributed by atoms with Crippen LogP contribution in [0.2, 0.25) is 0 Å². The molecule has 2 unspecified atom stereocenters. The summed E-state index contributed by atoms with van der Waals surface area (Å²) in [6.07, 6.45) is 0.737. The number of carboxylic acid groups (broad SMARTS) is 1. The minimum atomic E-state index is -0.720. The number of halogens is 2. The van der Waals surface area contributed by atoms with E-state index < -0.39 is 5.97 Å². The Morgan fingerprint density at radius 2 is 2.33 bits per heavy atom. The largest absolute Gasteiger partial charge is 0.481 e. The van der Waals surface area contributed by atoms with E-state index in [-0.39, 0.29) is 17.7 Å². The highest BCUT2D eigenvalue weighted by Crippen LogP contribution is 2.39. The monoisotopic (exact) mass is 315 g/mol. The van der Waals surface area contributed by atoms with Crippen LogP contribution in [-0.4, -0.2) is 29.6 Å². The van der Waals surface area contributed by atoms with Crippen LogP contribution in [0.25, 0.3) is 0 Å². The molecule has 1 aliphatic rings. The summed E-state index contributed by atoms with van der Waals surface area (Å²) in [4.78, 5) is 12.7. The van der Waals surface area contributed by atoms with Gasteiger partial charge in [0.1, 0.15) is 5.82 Å². The van der Waals surface area contributed by atoms with Crippen molar-refractivity contribution >= 4 is 21.9 Å². The molecular weight excluding hydrogens is 301 g/mol. The second-order valence-corrected chi connectivity index (χ2v) is 5.79. The predicted octanol–water partition coefficient (Wildman–Crippen LogP) is 2.74. The number of benzene rings is 1. The van der Waals surface area contributed by atoms with Crippen molar-refractivity contribution < 1.29 is 14.3 Å². The molecule has 1 fully saturated rings. The van der Waals surface area contributed by atoms with E-state index in [0.29, 0.717) is 18.7 Å². The molecule has 1 saturated carbocycles. The topological polar surface area (TPSA) is 40.5 Å². The van der Waals surface area contributed by atoms with Gasteiger partial charge in [-0.1, -0.05) is 15.9 Å². The lowest BCUT2D eigenvalue weighted by molar-refractivity contribution is -0.138. The molecule has 5 heteroatoms. The SMILES string of the molecule is CN(Cc1cc(Br)ccc1F)CC1CC1C(=O)O. The number of aliphatic carboxylic acids is 1. The van der Waals surface area contributed by atoms with Gasteiger partial charge in [0.2, 0.25) is 0 Å². The average Bonchev–Trinajstić information content (AvgIpc) is 3.02. The van der Waals surface area contributed by atoms with E-state index in [4.69, 9.17) is 5.11 Å². The minimum absolute atomic E-state index is 0.209. The quantitative estimate of drug-likeness (QED) is 0.908. The summed E-state index contributed by atoms with van der Waals surface area (Å²) in [5.41, 5.74) is 0.624. The van der Waals surface area contributed by atoms with Gasteiger partial charge in [-0.3, -0.25) is 4.79 Å². The first-order valence-corrected chi connectivity index (χ1v) is 6.62. The highest BCUT2D eigenvalue weighted by atomic mass is 79.9. The zero-order chi connectivity index (χ0) is 13.3. The van der Waals surface area contributed by atoms with Crippen LogP contribution in [0.4, 0.5) is 4.39 Å². The van der Waals surface area contributed by atoms with Crippen LogP contribution in [0, 0.1) is 17.7 Å². The first kappa shape index (κ1) is 13.5. The number of hydrogen-bond donors (Lipinski definition) is 1. The molecule has 1 aromatic rings. The highest BCUT2D eigenvalue weighted by molar-refractivity contribution is 9.10. The molecule has 0 spiro atoms. The molecule has 0 saturated heterocycles. The fourth-order valence-electron chi connectivity index (χ4n) is 2.17. The Labute approximate surface area is 114 Å². The van der Waals surface area contributed by atoms with Gasteiger partial charge in [-0.25, -0.2) is 4.39 Å². The van der Waals surface area contributed by atoms with Gasteiger partial charge in [-0.2, -0.15) is 0 Å². The van der Waals surface area contributed by atoms with Crippen LogP contribution in [0.5, 0.6) is 0 Å². The Morgan fingerprint density at radius 1 is 1.61 bits per heavy atom. The lowest BCUT2D eigenvalue weighted by atomic mass is 10.2. The third kappa shape index (κ3) is 3.29. The van der Waals surface area contributed by atoms with E-state index in [1.54, 1.807) is 12.1 Å². The van der Waals surface area contributed by atoms with E-state index in [9.17, 15) is 9.18 Å². The van der Waals surface area contributed by atoms with Crippen LogP contribution in [0.15, 0.2) is 22.7 Å². The van der Waals surface area contributed by atoms with E-state index in [1.807, 2.05) is 11.9 Å². The highest BCUT2D eigenvalue weighted by Gasteiger charge is 2.43. The van der Waals surface area contributed by atoms with Crippen molar-refractivity contribution in [3.05, 3.63) is 34.1 Å². The average molecular weight is 316 g/mol. The van der Waals surface area contributed by atoms with Crippen molar-refractivity contribution in [1.29, 1.82) is 0 Å². The number of hydrogen-bond acceptors (Lipinski definition) is 2. The third-order valence-corrected chi connectivity index (χ3v) is 3.73. The Bertz CT molecular complexity index is 466. The first-order valence-electron chi connectivity index (χ1n) is 5.82. The smallest absolute Gasteiger partial charge is 0.306 e. The van der Waals surface area contributed by atoms with Crippen LogP contribution >= 0.6 is 15.9 Å². The first-order chi connectivity index (χ1) is 8.47. The molecule has 0 aliphatic heterocycles. The third-order valence-electron chi connectivity index (χ3n) is 3.23. The van der Waals surface area contributed by atoms with Gasteiger partial charge in [0, 0.05) is 23.1 Å². The van der Waals surface area contributed by atoms with Gasteiger partial charge >= 0.3 is 5.97 Å². The summed E-state index contributed by atoms with van der Waals surface area (Å²) < 4.78 is 14.4. The maximum absolute atomic E-state index is 13.5. The molecule has 0 heterocycles. The van der Waals surface area contributed by atoms with Crippen LogP contribution in [-0.2, 0) is 11.3 Å². The van der Waals surface area contributed by atoms with Crippen molar-refractivity contribution in [2.45, 2.75) is 13.0 Å². The summed E-state index contributed by atoms with van der Waals surface area (Å²) >= 11 is 3.32. The Morgan fingerprint density at radius 3 is 2.94 bits per heavy atom. The molecule has 18 heavy (non-hydrogen) atoms. The summed E-state index contributed by atoms with van der Waals surface area (Å²) in [5, 5.41) is 8.82. The molecule has 98 valence electrons. The standard InChI is InChI=1S/C13H15BrFNO2/c1-16(6-8-5-11(8)13(17)18)7-9-4-10(14)2-3-12(9)15/h2-4,8,11H,5-7H2,1H3,(H,17,18).